The minimum atomic E-state index is -4.03. The van der Waals surface area contributed by atoms with Crippen LogP contribution in [0, 0.1) is 11.3 Å². The van der Waals surface area contributed by atoms with Gasteiger partial charge in [0.05, 0.1) is 48.6 Å². The van der Waals surface area contributed by atoms with Crippen molar-refractivity contribution in [3.05, 3.63) is 96.7 Å². The van der Waals surface area contributed by atoms with Crippen LogP contribution in [-0.2, 0) is 19.5 Å². The third kappa shape index (κ3) is 5.61. The summed E-state index contributed by atoms with van der Waals surface area (Å²) in [6.45, 7) is 6.26. The molecule has 0 radical (unpaired) electrons. The lowest BCUT2D eigenvalue weighted by Crippen LogP contribution is -2.48. The molecule has 11 heteroatoms. The Labute approximate surface area is 279 Å². The number of fused-ring (bicyclic) bond motifs is 1. The molecule has 244 valence electrons. The maximum Gasteiger partial charge on any atom is 0.269 e. The lowest BCUT2D eigenvalue weighted by molar-refractivity contribution is -0.0592. The SMILES string of the molecule is N#Cc1cc(-c2ccnc3c2cc(-c2ccc(N4CCOCC4)cc2)n3S(=O)(=O)c2ccccc2)ccc1OC1CCN(C2COC2)C1. The van der Waals surface area contributed by atoms with Gasteiger partial charge in [-0.2, -0.15) is 5.26 Å². The quantitative estimate of drug-likeness (QED) is 0.223. The highest BCUT2D eigenvalue weighted by Gasteiger charge is 2.33. The highest BCUT2D eigenvalue weighted by molar-refractivity contribution is 7.90. The molecule has 1 unspecified atom stereocenters. The zero-order chi connectivity index (χ0) is 32.7. The van der Waals surface area contributed by atoms with Crippen molar-refractivity contribution in [1.29, 1.82) is 5.26 Å². The number of benzene rings is 3. The molecule has 1 atom stereocenters. The van der Waals surface area contributed by atoms with Crippen molar-refractivity contribution >= 4 is 26.7 Å². The predicted molar refractivity (Wildman–Crippen MR) is 183 cm³/mol. The minimum Gasteiger partial charge on any atom is -0.488 e. The Morgan fingerprint density at radius 3 is 2.38 bits per heavy atom. The maximum atomic E-state index is 14.3. The molecule has 0 spiro atoms. The Hall–Kier alpha value is -4.73. The Balaban J connectivity index is 1.19. The lowest BCUT2D eigenvalue weighted by Gasteiger charge is -2.34. The van der Waals surface area contributed by atoms with Gasteiger partial charge in [0.25, 0.3) is 10.0 Å². The van der Waals surface area contributed by atoms with Crippen LogP contribution in [0.2, 0.25) is 0 Å². The van der Waals surface area contributed by atoms with Crippen LogP contribution in [0.25, 0.3) is 33.4 Å². The number of hydrogen-bond acceptors (Lipinski definition) is 9. The van der Waals surface area contributed by atoms with Crippen LogP contribution in [0.15, 0.2) is 96.0 Å². The molecule has 5 heterocycles. The Morgan fingerprint density at radius 2 is 1.65 bits per heavy atom. The van der Waals surface area contributed by atoms with E-state index >= 15 is 0 Å². The van der Waals surface area contributed by atoms with Crippen molar-refractivity contribution < 1.29 is 22.6 Å². The van der Waals surface area contributed by atoms with E-state index in [1.165, 1.54) is 3.97 Å². The number of anilines is 1. The minimum absolute atomic E-state index is 0.00519. The molecule has 10 nitrogen and oxygen atoms in total. The van der Waals surface area contributed by atoms with E-state index < -0.39 is 10.0 Å². The molecule has 5 aromatic rings. The van der Waals surface area contributed by atoms with Crippen molar-refractivity contribution in [2.75, 3.05) is 57.5 Å². The van der Waals surface area contributed by atoms with Gasteiger partial charge in [0.15, 0.2) is 5.65 Å². The highest BCUT2D eigenvalue weighted by Crippen LogP contribution is 2.38. The summed E-state index contributed by atoms with van der Waals surface area (Å²) in [7, 11) is -4.03. The molecular weight excluding hydrogens is 627 g/mol. The van der Waals surface area contributed by atoms with Gasteiger partial charge in [0.1, 0.15) is 17.9 Å². The number of aromatic nitrogens is 2. The molecule has 3 fully saturated rings. The predicted octanol–water partition coefficient (Wildman–Crippen LogP) is 5.17. The van der Waals surface area contributed by atoms with E-state index in [1.807, 2.05) is 54.6 Å². The Morgan fingerprint density at radius 1 is 0.875 bits per heavy atom. The summed E-state index contributed by atoms with van der Waals surface area (Å²) in [6.07, 6.45) is 2.52. The zero-order valence-corrected chi connectivity index (χ0v) is 27.2. The fraction of sp³-hybridized carbons (Fsp3) is 0.297. The number of likely N-dealkylation sites (tertiary alicyclic amines) is 1. The number of pyridine rings is 1. The normalized spacial score (nSPS) is 18.9. The van der Waals surface area contributed by atoms with Crippen LogP contribution in [0.4, 0.5) is 5.69 Å². The van der Waals surface area contributed by atoms with Crippen molar-refractivity contribution in [2.45, 2.75) is 23.5 Å². The molecule has 0 amide bonds. The maximum absolute atomic E-state index is 14.3. The third-order valence-electron chi connectivity index (χ3n) is 9.50. The summed E-state index contributed by atoms with van der Waals surface area (Å²) < 4.78 is 47.1. The molecule has 48 heavy (non-hydrogen) atoms. The van der Waals surface area contributed by atoms with Crippen molar-refractivity contribution in [3.8, 4) is 34.2 Å². The van der Waals surface area contributed by atoms with E-state index in [0.29, 0.717) is 47.3 Å². The first-order valence-corrected chi connectivity index (χ1v) is 17.7. The molecule has 2 aromatic heterocycles. The number of hydrogen-bond donors (Lipinski definition) is 0. The Bertz CT molecular complexity index is 2100. The fourth-order valence-electron chi connectivity index (χ4n) is 6.82. The van der Waals surface area contributed by atoms with Gasteiger partial charge >= 0.3 is 0 Å². The average molecular weight is 662 g/mol. The van der Waals surface area contributed by atoms with Gasteiger partial charge in [0, 0.05) is 43.4 Å². The van der Waals surface area contributed by atoms with Gasteiger partial charge in [-0.3, -0.25) is 4.90 Å². The summed E-state index contributed by atoms with van der Waals surface area (Å²) in [5.74, 6) is 0.550. The van der Waals surface area contributed by atoms with Crippen LogP contribution in [-0.4, -0.2) is 87.0 Å². The number of ether oxygens (including phenoxy) is 3. The van der Waals surface area contributed by atoms with E-state index in [-0.39, 0.29) is 11.0 Å². The van der Waals surface area contributed by atoms with Crippen LogP contribution in [0.5, 0.6) is 5.75 Å². The smallest absolute Gasteiger partial charge is 0.269 e. The summed E-state index contributed by atoms with van der Waals surface area (Å²) in [4.78, 5) is 9.44. The van der Waals surface area contributed by atoms with E-state index in [2.05, 4.69) is 20.9 Å². The van der Waals surface area contributed by atoms with E-state index in [9.17, 15) is 13.7 Å². The number of rotatable bonds is 8. The monoisotopic (exact) mass is 661 g/mol. The second-order valence-corrected chi connectivity index (χ2v) is 14.2. The van der Waals surface area contributed by atoms with E-state index in [4.69, 9.17) is 14.2 Å². The number of nitrogens with zero attached hydrogens (tertiary/aromatic N) is 5. The van der Waals surface area contributed by atoms with Crippen molar-refractivity contribution in [3.63, 3.8) is 0 Å². The molecular formula is C37H35N5O5S. The van der Waals surface area contributed by atoms with Crippen molar-refractivity contribution in [2.24, 2.45) is 0 Å². The van der Waals surface area contributed by atoms with Gasteiger partial charge < -0.3 is 19.1 Å². The highest BCUT2D eigenvalue weighted by atomic mass is 32.2. The van der Waals surface area contributed by atoms with Crippen LogP contribution < -0.4 is 9.64 Å². The van der Waals surface area contributed by atoms with Crippen LogP contribution in [0.3, 0.4) is 0 Å². The molecule has 0 aliphatic carbocycles. The topological polar surface area (TPSA) is 110 Å². The first-order valence-electron chi connectivity index (χ1n) is 16.3. The zero-order valence-electron chi connectivity index (χ0n) is 26.4. The van der Waals surface area contributed by atoms with E-state index in [0.717, 1.165) is 68.2 Å². The van der Waals surface area contributed by atoms with Gasteiger partial charge in [-0.25, -0.2) is 17.4 Å². The summed E-state index contributed by atoms with van der Waals surface area (Å²) in [6, 6.07) is 28.5. The standard InChI is InChI=1S/C37H35N5O5S/c38-22-28-20-27(8-11-36(28)47-31-13-15-41(23-31)30-24-46-25-30)33-12-14-39-37-34(33)21-35(42(37)48(43,44)32-4-2-1-3-5-32)26-6-9-29(10-7-26)40-16-18-45-19-17-40/h1-12,14,20-21,30-31H,13,15-19,23-25H2. The van der Waals surface area contributed by atoms with E-state index in [1.54, 1.807) is 36.5 Å². The van der Waals surface area contributed by atoms with Crippen molar-refractivity contribution in [1.82, 2.24) is 13.9 Å². The van der Waals surface area contributed by atoms with Gasteiger partial charge in [-0.1, -0.05) is 36.4 Å². The first kappa shape index (κ1) is 30.6. The number of nitriles is 1. The summed E-state index contributed by atoms with van der Waals surface area (Å²) in [5, 5.41) is 10.8. The van der Waals surface area contributed by atoms with Gasteiger partial charge in [-0.05, 0) is 71.6 Å². The molecule has 3 aliphatic heterocycles. The van der Waals surface area contributed by atoms with Crippen LogP contribution in [0.1, 0.15) is 12.0 Å². The molecule has 0 bridgehead atoms. The molecule has 3 saturated heterocycles. The molecule has 0 N–H and O–H groups in total. The first-order chi connectivity index (χ1) is 23.5. The summed E-state index contributed by atoms with van der Waals surface area (Å²) in [5.41, 5.74) is 4.60. The van der Waals surface area contributed by atoms with Gasteiger partial charge in [0.2, 0.25) is 0 Å². The molecule has 3 aliphatic rings. The third-order valence-corrected chi connectivity index (χ3v) is 11.2. The van der Waals surface area contributed by atoms with Crippen LogP contribution >= 0.6 is 0 Å². The second kappa shape index (κ2) is 12.7. The number of morpholine rings is 1. The fourth-order valence-corrected chi connectivity index (χ4v) is 8.32. The lowest BCUT2D eigenvalue weighted by atomic mass is 10.0. The second-order valence-electron chi connectivity index (χ2n) is 12.4. The molecule has 0 saturated carbocycles. The Kier molecular flexibility index (Phi) is 8.10. The molecule has 3 aromatic carbocycles. The summed E-state index contributed by atoms with van der Waals surface area (Å²) >= 11 is 0. The molecule has 8 rings (SSSR count). The van der Waals surface area contributed by atoms with Gasteiger partial charge in [-0.15, -0.1) is 0 Å². The largest absolute Gasteiger partial charge is 0.488 e. The average Bonchev–Trinajstić information content (AvgIpc) is 3.74.